The van der Waals surface area contributed by atoms with Crippen LogP contribution in [-0.2, 0) is 11.8 Å². The number of piperidine rings is 1. The van der Waals surface area contributed by atoms with E-state index in [1.807, 2.05) is 18.2 Å². The van der Waals surface area contributed by atoms with Gasteiger partial charge in [0.25, 0.3) is 0 Å². The van der Waals surface area contributed by atoms with Gasteiger partial charge in [0.2, 0.25) is 0 Å². The Kier molecular flexibility index (Phi) is 3.26. The van der Waals surface area contributed by atoms with Gasteiger partial charge in [0.1, 0.15) is 18.2 Å². The van der Waals surface area contributed by atoms with Crippen LogP contribution in [0.3, 0.4) is 0 Å². The van der Waals surface area contributed by atoms with E-state index in [9.17, 15) is 10.2 Å². The first-order chi connectivity index (χ1) is 12.6. The highest BCUT2D eigenvalue weighted by atomic mass is 16.5. The van der Waals surface area contributed by atoms with E-state index in [4.69, 9.17) is 4.74 Å². The summed E-state index contributed by atoms with van der Waals surface area (Å²) in [6.07, 6.45) is 9.12. The van der Waals surface area contributed by atoms with Crippen molar-refractivity contribution in [1.29, 1.82) is 0 Å². The van der Waals surface area contributed by atoms with E-state index in [2.05, 4.69) is 25.3 Å². The van der Waals surface area contributed by atoms with Crippen LogP contribution in [0.5, 0.6) is 11.5 Å². The fourth-order valence-corrected chi connectivity index (χ4v) is 6.43. The molecular weight excluding hydrogens is 326 g/mol. The number of phenols is 1. The van der Waals surface area contributed by atoms with Crippen LogP contribution in [0, 0.1) is 5.92 Å². The molecule has 2 bridgehead atoms. The molecule has 1 unspecified atom stereocenters. The molecule has 0 radical (unpaired) electrons. The van der Waals surface area contributed by atoms with Crippen molar-refractivity contribution in [2.24, 2.45) is 5.92 Å². The van der Waals surface area contributed by atoms with Crippen molar-refractivity contribution >= 4 is 0 Å². The molecule has 0 aromatic heterocycles. The van der Waals surface area contributed by atoms with E-state index >= 15 is 0 Å². The first kappa shape index (κ1) is 16.2. The molecule has 2 aliphatic carbocycles. The van der Waals surface area contributed by atoms with Gasteiger partial charge in [0.05, 0.1) is 25.0 Å². The van der Waals surface area contributed by atoms with Crippen LogP contribution in [0.4, 0.5) is 0 Å². The largest absolute Gasteiger partial charge is 0.504 e. The molecule has 2 N–H and O–H groups in total. The summed E-state index contributed by atoms with van der Waals surface area (Å²) in [7, 11) is 0. The van der Waals surface area contributed by atoms with Crippen LogP contribution in [0.2, 0.25) is 0 Å². The molecule has 1 spiro atoms. The standard InChI is InChI=1S/C22H25NO3/c1-3-10-23(11-4-2)12-9-22-15-6-8-18(25)21(22)26-20-17(24)7-5-14(19(20)22)13-16(15)23/h3-8,15-16,18,21,25H,1-2,9-13H2/p+1/t15-,16+,18-,21-,22?/m0/s1. The molecule has 2 heterocycles. The van der Waals surface area contributed by atoms with Crippen molar-refractivity contribution in [3.8, 4) is 11.5 Å². The second kappa shape index (κ2) is 5.24. The van der Waals surface area contributed by atoms with Gasteiger partial charge in [-0.15, -0.1) is 0 Å². The van der Waals surface area contributed by atoms with Crippen molar-refractivity contribution in [1.82, 2.24) is 0 Å². The van der Waals surface area contributed by atoms with Gasteiger partial charge in [-0.1, -0.05) is 31.4 Å². The topological polar surface area (TPSA) is 49.7 Å². The maximum Gasteiger partial charge on any atom is 0.165 e. The molecule has 1 aromatic rings. The molecule has 5 rings (SSSR count). The Morgan fingerprint density at radius 1 is 1.23 bits per heavy atom. The molecule has 2 aliphatic heterocycles. The summed E-state index contributed by atoms with van der Waals surface area (Å²) >= 11 is 0. The smallest absolute Gasteiger partial charge is 0.165 e. The summed E-state index contributed by atoms with van der Waals surface area (Å²) in [5.41, 5.74) is 2.19. The van der Waals surface area contributed by atoms with Gasteiger partial charge in [-0.25, -0.2) is 0 Å². The number of aliphatic hydroxyl groups excluding tert-OH is 1. The second-order valence-corrected chi connectivity index (χ2v) is 8.33. The van der Waals surface area contributed by atoms with Crippen molar-refractivity contribution in [3.05, 3.63) is 60.7 Å². The van der Waals surface area contributed by atoms with E-state index in [0.29, 0.717) is 17.7 Å². The van der Waals surface area contributed by atoms with Crippen molar-refractivity contribution in [2.45, 2.75) is 36.5 Å². The van der Waals surface area contributed by atoms with Crippen LogP contribution in [0.15, 0.2) is 49.6 Å². The number of likely N-dealkylation sites (tertiary alicyclic amines) is 1. The Bertz CT molecular complexity index is 819. The maximum atomic E-state index is 10.7. The second-order valence-electron chi connectivity index (χ2n) is 8.33. The van der Waals surface area contributed by atoms with Gasteiger partial charge < -0.3 is 19.4 Å². The van der Waals surface area contributed by atoms with Crippen LogP contribution in [-0.4, -0.2) is 52.6 Å². The summed E-state index contributed by atoms with van der Waals surface area (Å²) in [6.45, 7) is 10.9. The highest BCUT2D eigenvalue weighted by Crippen LogP contribution is 2.63. The van der Waals surface area contributed by atoms with E-state index in [0.717, 1.165) is 42.5 Å². The summed E-state index contributed by atoms with van der Waals surface area (Å²) in [6, 6.07) is 4.20. The van der Waals surface area contributed by atoms with Gasteiger partial charge in [-0.3, -0.25) is 0 Å². The highest BCUT2D eigenvalue weighted by Gasteiger charge is 2.68. The Morgan fingerprint density at radius 3 is 2.73 bits per heavy atom. The number of aromatic hydroxyl groups is 1. The van der Waals surface area contributed by atoms with Crippen molar-refractivity contribution in [2.75, 3.05) is 19.6 Å². The third-order valence-electron chi connectivity index (χ3n) is 7.37. The number of benzene rings is 1. The number of phenolic OH excluding ortho intramolecular Hbond substituents is 1. The summed E-state index contributed by atoms with van der Waals surface area (Å²) in [5.74, 6) is 1.09. The van der Waals surface area contributed by atoms with Crippen molar-refractivity contribution in [3.63, 3.8) is 0 Å². The van der Waals surface area contributed by atoms with Gasteiger partial charge in [0, 0.05) is 24.3 Å². The lowest BCUT2D eigenvalue weighted by Crippen LogP contribution is -2.72. The third-order valence-corrected chi connectivity index (χ3v) is 7.37. The number of hydrogen-bond acceptors (Lipinski definition) is 3. The lowest BCUT2D eigenvalue weighted by atomic mass is 9.52. The lowest BCUT2D eigenvalue weighted by Gasteiger charge is -2.60. The van der Waals surface area contributed by atoms with Crippen LogP contribution >= 0.6 is 0 Å². The van der Waals surface area contributed by atoms with Gasteiger partial charge >= 0.3 is 0 Å². The SMILES string of the molecule is C=CC[N+]1(CC=C)CCC23c4c5ccc(O)c4O[C@H]2[C@@H](O)C=C[C@H]3[C@H]1C5. The fourth-order valence-electron chi connectivity index (χ4n) is 6.43. The number of aliphatic hydroxyl groups is 1. The first-order valence-electron chi connectivity index (χ1n) is 9.53. The van der Waals surface area contributed by atoms with Gasteiger partial charge in [-0.2, -0.15) is 0 Å². The maximum absolute atomic E-state index is 10.7. The van der Waals surface area contributed by atoms with Crippen LogP contribution in [0.1, 0.15) is 17.5 Å². The lowest BCUT2D eigenvalue weighted by molar-refractivity contribution is -0.951. The Labute approximate surface area is 154 Å². The zero-order valence-electron chi connectivity index (χ0n) is 15.0. The quantitative estimate of drug-likeness (QED) is 0.646. The average molecular weight is 352 g/mol. The molecule has 0 amide bonds. The molecule has 1 aromatic carbocycles. The first-order valence-corrected chi connectivity index (χ1v) is 9.53. The van der Waals surface area contributed by atoms with E-state index in [-0.39, 0.29) is 17.3 Å². The van der Waals surface area contributed by atoms with Crippen molar-refractivity contribution < 1.29 is 19.4 Å². The minimum atomic E-state index is -0.636. The predicted octanol–water partition coefficient (Wildman–Crippen LogP) is 2.46. The Balaban J connectivity index is 1.76. The van der Waals surface area contributed by atoms with Gasteiger partial charge in [-0.05, 0) is 23.8 Å². The molecule has 1 fully saturated rings. The molecule has 5 atom stereocenters. The zero-order valence-corrected chi connectivity index (χ0v) is 15.0. The van der Waals surface area contributed by atoms with Crippen LogP contribution in [0.25, 0.3) is 0 Å². The molecule has 4 heteroatoms. The monoisotopic (exact) mass is 352 g/mol. The number of ether oxygens (including phenoxy) is 1. The number of hydrogen-bond donors (Lipinski definition) is 2. The number of nitrogens with zero attached hydrogens (tertiary/aromatic N) is 1. The molecule has 4 aliphatic rings. The molecule has 136 valence electrons. The van der Waals surface area contributed by atoms with E-state index < -0.39 is 6.10 Å². The molecule has 1 saturated heterocycles. The Morgan fingerprint density at radius 2 is 2.00 bits per heavy atom. The summed E-state index contributed by atoms with van der Waals surface area (Å²) in [5, 5.41) is 21.1. The predicted molar refractivity (Wildman–Crippen MR) is 100 cm³/mol. The molecule has 0 saturated carbocycles. The molecular formula is C22H26NO3+. The van der Waals surface area contributed by atoms with Gasteiger partial charge in [0.15, 0.2) is 11.5 Å². The minimum Gasteiger partial charge on any atom is -0.504 e. The Hall–Kier alpha value is -2.04. The molecule has 26 heavy (non-hydrogen) atoms. The van der Waals surface area contributed by atoms with Crippen LogP contribution < -0.4 is 4.74 Å². The highest BCUT2D eigenvalue weighted by molar-refractivity contribution is 5.61. The minimum absolute atomic E-state index is 0.195. The number of rotatable bonds is 4. The fraction of sp³-hybridized carbons (Fsp3) is 0.455. The summed E-state index contributed by atoms with van der Waals surface area (Å²) < 4.78 is 7.17. The van der Waals surface area contributed by atoms with E-state index in [1.165, 1.54) is 5.56 Å². The normalized spacial score (nSPS) is 37.6. The summed E-state index contributed by atoms with van der Waals surface area (Å²) in [4.78, 5) is 0. The zero-order chi connectivity index (χ0) is 18.1. The molecule has 4 nitrogen and oxygen atoms in total. The average Bonchev–Trinajstić information content (AvgIpc) is 2.98. The number of quaternary nitrogens is 1. The van der Waals surface area contributed by atoms with E-state index in [1.54, 1.807) is 6.07 Å². The third kappa shape index (κ3) is 1.72.